The highest BCUT2D eigenvalue weighted by molar-refractivity contribution is 5.95. The number of ether oxygens (including phenoxy) is 1. The minimum absolute atomic E-state index is 0.0711. The summed E-state index contributed by atoms with van der Waals surface area (Å²) in [5.41, 5.74) is 12.0. The Labute approximate surface area is 328 Å². The summed E-state index contributed by atoms with van der Waals surface area (Å²) >= 11 is 0. The molecule has 0 radical (unpaired) electrons. The number of aliphatic carboxylic acids is 1. The monoisotopic (exact) mass is 781 g/mol. The largest absolute Gasteiger partial charge is 0.481 e. The van der Waals surface area contributed by atoms with Gasteiger partial charge in [-0.1, -0.05) is 60.7 Å². The number of hydrogen-bond donors (Lipinski definition) is 8. The van der Waals surface area contributed by atoms with E-state index in [4.69, 9.17) is 21.3 Å². The van der Waals surface area contributed by atoms with E-state index in [1.54, 1.807) is 45.0 Å². The van der Waals surface area contributed by atoms with Crippen LogP contribution in [-0.4, -0.2) is 89.6 Å². The molecule has 2 aromatic rings. The fraction of sp³-hybridized carbons (Fsp3) is 0.525. The first-order chi connectivity index (χ1) is 26.6. The van der Waals surface area contributed by atoms with E-state index >= 15 is 0 Å². The molecule has 6 amide bonds. The second-order valence-corrected chi connectivity index (χ2v) is 14.5. The predicted octanol–water partition coefficient (Wildman–Crippen LogP) is 1.98. The zero-order valence-electron chi connectivity index (χ0n) is 32.6. The summed E-state index contributed by atoms with van der Waals surface area (Å²) in [6.45, 7) is 5.64. The number of nitrogens with two attached hydrogens (primary N) is 2. The smallest absolute Gasteiger partial charge is 0.408 e. The van der Waals surface area contributed by atoms with Crippen LogP contribution in [0.5, 0.6) is 0 Å². The maximum atomic E-state index is 14.1. The van der Waals surface area contributed by atoms with E-state index in [-0.39, 0.29) is 45.1 Å². The van der Waals surface area contributed by atoms with Crippen LogP contribution >= 0.6 is 0 Å². The average Bonchev–Trinajstić information content (AvgIpc) is 3.14. The van der Waals surface area contributed by atoms with Gasteiger partial charge in [-0.2, -0.15) is 0 Å². The average molecular weight is 782 g/mol. The molecule has 0 spiro atoms. The van der Waals surface area contributed by atoms with Crippen LogP contribution in [0.15, 0.2) is 60.7 Å². The molecule has 0 aromatic heterocycles. The summed E-state index contributed by atoms with van der Waals surface area (Å²) in [7, 11) is 0. The van der Waals surface area contributed by atoms with Gasteiger partial charge in [-0.05, 0) is 89.8 Å². The molecule has 16 heteroatoms. The molecule has 0 heterocycles. The van der Waals surface area contributed by atoms with Gasteiger partial charge in [0.1, 0.15) is 29.8 Å². The van der Waals surface area contributed by atoms with Crippen molar-refractivity contribution in [3.8, 4) is 0 Å². The van der Waals surface area contributed by atoms with Crippen molar-refractivity contribution in [1.29, 1.82) is 0 Å². The third kappa shape index (κ3) is 19.7. The van der Waals surface area contributed by atoms with Crippen molar-refractivity contribution in [2.75, 3.05) is 13.1 Å². The summed E-state index contributed by atoms with van der Waals surface area (Å²) in [5, 5.41) is 22.3. The fourth-order valence-electron chi connectivity index (χ4n) is 5.61. The summed E-state index contributed by atoms with van der Waals surface area (Å²) in [5.74, 6) is -4.20. The highest BCUT2D eigenvalue weighted by Gasteiger charge is 2.32. The zero-order chi connectivity index (χ0) is 41.5. The van der Waals surface area contributed by atoms with Crippen LogP contribution in [0.2, 0.25) is 0 Å². The molecule has 10 N–H and O–H groups in total. The summed E-state index contributed by atoms with van der Waals surface area (Å²) in [4.78, 5) is 89.6. The lowest BCUT2D eigenvalue weighted by Crippen LogP contribution is -2.58. The van der Waals surface area contributed by atoms with Crippen molar-refractivity contribution >= 4 is 41.6 Å². The van der Waals surface area contributed by atoms with Crippen LogP contribution in [0.25, 0.3) is 0 Å². The van der Waals surface area contributed by atoms with Crippen LogP contribution in [0.4, 0.5) is 4.79 Å². The van der Waals surface area contributed by atoms with Crippen molar-refractivity contribution < 1.29 is 43.4 Å². The molecule has 2 rings (SSSR count). The Bertz CT molecular complexity index is 1570. The lowest BCUT2D eigenvalue weighted by Gasteiger charge is -2.27. The molecule has 16 nitrogen and oxygen atoms in total. The Morgan fingerprint density at radius 2 is 1.18 bits per heavy atom. The number of carboxylic acids is 1. The van der Waals surface area contributed by atoms with Gasteiger partial charge in [0.2, 0.25) is 29.5 Å². The fourth-order valence-corrected chi connectivity index (χ4v) is 5.61. The van der Waals surface area contributed by atoms with Crippen molar-refractivity contribution in [3.05, 3.63) is 71.8 Å². The van der Waals surface area contributed by atoms with Gasteiger partial charge in [0.25, 0.3) is 0 Å². The predicted molar refractivity (Wildman–Crippen MR) is 210 cm³/mol. The maximum Gasteiger partial charge on any atom is 0.408 e. The number of benzene rings is 2. The van der Waals surface area contributed by atoms with Crippen LogP contribution in [0, 0.1) is 0 Å². The Kier molecular flexibility index (Phi) is 20.7. The van der Waals surface area contributed by atoms with Crippen molar-refractivity contribution in [3.63, 3.8) is 0 Å². The third-order valence-electron chi connectivity index (χ3n) is 8.54. The second kappa shape index (κ2) is 24.8. The number of alkyl carbamates (subject to hydrolysis) is 1. The van der Waals surface area contributed by atoms with Gasteiger partial charge in [0.15, 0.2) is 0 Å². The first kappa shape index (κ1) is 46.6. The Hall–Kier alpha value is -5.51. The number of nitrogens with one attached hydrogen (secondary N) is 5. The number of primary amides is 1. The van der Waals surface area contributed by atoms with E-state index in [0.717, 1.165) is 11.1 Å². The van der Waals surface area contributed by atoms with E-state index < -0.39 is 71.4 Å². The molecule has 0 saturated heterocycles. The highest BCUT2D eigenvalue weighted by atomic mass is 16.6. The topological polar surface area (TPSA) is 261 Å². The third-order valence-corrected chi connectivity index (χ3v) is 8.54. The van der Waals surface area contributed by atoms with Crippen LogP contribution < -0.4 is 38.1 Å². The lowest BCUT2D eigenvalue weighted by atomic mass is 10.0. The SMILES string of the molecule is CC(C)(C)OC(=O)N[C@@H](CCCCNC(=O)CCC(=O)O)C(=O)N[C@@H](CCc1ccccc1)C(=O)N[C@@H](Cc1ccccc1)C(=O)N[C@@H](CCCCN)C(N)=O. The molecule has 0 saturated carbocycles. The molecule has 0 aliphatic rings. The number of hydrogen-bond acceptors (Lipinski definition) is 9. The van der Waals surface area contributed by atoms with Gasteiger partial charge in [-0.25, -0.2) is 4.79 Å². The number of aryl methyl sites for hydroxylation is 1. The van der Waals surface area contributed by atoms with Crippen LogP contribution in [-0.2, 0) is 46.3 Å². The molecule has 0 aliphatic carbocycles. The molecule has 56 heavy (non-hydrogen) atoms. The van der Waals surface area contributed by atoms with Gasteiger partial charge in [-0.3, -0.25) is 28.8 Å². The number of carboxylic acid groups (broad SMARTS) is 1. The molecule has 0 fully saturated rings. The molecular formula is C40H59N7O9. The van der Waals surface area contributed by atoms with E-state index in [0.29, 0.717) is 38.6 Å². The van der Waals surface area contributed by atoms with Gasteiger partial charge in [-0.15, -0.1) is 0 Å². The van der Waals surface area contributed by atoms with Crippen molar-refractivity contribution in [2.45, 2.75) is 121 Å². The highest BCUT2D eigenvalue weighted by Crippen LogP contribution is 2.12. The van der Waals surface area contributed by atoms with Gasteiger partial charge < -0.3 is 47.9 Å². The number of carbonyl (C=O) groups excluding carboxylic acids is 6. The molecule has 308 valence electrons. The normalized spacial score (nSPS) is 13.2. The molecule has 4 atom stereocenters. The quantitative estimate of drug-likeness (QED) is 0.0680. The molecule has 2 aromatic carbocycles. The van der Waals surface area contributed by atoms with Gasteiger partial charge in [0, 0.05) is 19.4 Å². The first-order valence-electron chi connectivity index (χ1n) is 19.0. The van der Waals surface area contributed by atoms with Crippen LogP contribution in [0.1, 0.15) is 89.7 Å². The molecule has 0 bridgehead atoms. The lowest BCUT2D eigenvalue weighted by molar-refractivity contribution is -0.138. The van der Waals surface area contributed by atoms with Gasteiger partial charge in [0.05, 0.1) is 6.42 Å². The second-order valence-electron chi connectivity index (χ2n) is 14.5. The van der Waals surface area contributed by atoms with E-state index in [1.165, 1.54) is 0 Å². The summed E-state index contributed by atoms with van der Waals surface area (Å²) in [6.07, 6.45) is 1.60. The summed E-state index contributed by atoms with van der Waals surface area (Å²) < 4.78 is 5.40. The van der Waals surface area contributed by atoms with E-state index in [1.807, 2.05) is 36.4 Å². The summed E-state index contributed by atoms with van der Waals surface area (Å²) in [6, 6.07) is 13.8. The van der Waals surface area contributed by atoms with E-state index in [2.05, 4.69) is 26.6 Å². The molecule has 0 unspecified atom stereocenters. The zero-order valence-corrected chi connectivity index (χ0v) is 32.6. The Morgan fingerprint density at radius 1 is 0.661 bits per heavy atom. The van der Waals surface area contributed by atoms with Crippen LogP contribution in [0.3, 0.4) is 0 Å². The Morgan fingerprint density at radius 3 is 1.75 bits per heavy atom. The van der Waals surface area contributed by atoms with Crippen molar-refractivity contribution in [1.82, 2.24) is 26.6 Å². The minimum Gasteiger partial charge on any atom is -0.481 e. The van der Waals surface area contributed by atoms with Gasteiger partial charge >= 0.3 is 12.1 Å². The molecular weight excluding hydrogens is 722 g/mol. The standard InChI is InChI=1S/C40H59N7O9/c1-40(2,3)56-39(55)47-30(19-11-13-25-43-33(48)22-23-34(49)50)36(52)45-31(21-20-27-14-6-4-7-15-27)37(53)46-32(26-28-16-8-5-9-17-28)38(54)44-29(35(42)51)18-10-12-24-41/h4-9,14-17,29-32H,10-13,18-26,41H2,1-3H3,(H2,42,51)(H,43,48)(H,44,54)(H,45,52)(H,46,53)(H,47,55)(H,49,50)/t29-,30-,31-,32-/m0/s1. The van der Waals surface area contributed by atoms with Crippen molar-refractivity contribution in [2.24, 2.45) is 11.5 Å². The number of rotatable bonds is 25. The minimum atomic E-state index is -1.17. The maximum absolute atomic E-state index is 14.1. The number of amides is 6. The molecule has 0 aliphatic heterocycles. The Balaban J connectivity index is 2.32. The van der Waals surface area contributed by atoms with E-state index in [9.17, 15) is 33.6 Å². The number of carbonyl (C=O) groups is 7. The number of unbranched alkanes of at least 4 members (excludes halogenated alkanes) is 2. The first-order valence-corrected chi connectivity index (χ1v) is 19.0.